The first kappa shape index (κ1) is 18.9. The maximum absolute atomic E-state index is 12.9. The number of sulfonamides is 1. The van der Waals surface area contributed by atoms with E-state index >= 15 is 0 Å². The summed E-state index contributed by atoms with van der Waals surface area (Å²) >= 11 is 5.76. The van der Waals surface area contributed by atoms with Crippen molar-refractivity contribution >= 4 is 38.9 Å². The van der Waals surface area contributed by atoms with Crippen LogP contribution in [-0.2, 0) is 10.0 Å². The van der Waals surface area contributed by atoms with Gasteiger partial charge in [-0.1, -0.05) is 11.6 Å². The Balaban J connectivity index is 1.70. The second kappa shape index (κ2) is 7.77. The van der Waals surface area contributed by atoms with Gasteiger partial charge in [0.05, 0.1) is 4.90 Å². The van der Waals surface area contributed by atoms with Gasteiger partial charge in [-0.05, 0) is 72.8 Å². The molecule has 0 aromatic heterocycles. The van der Waals surface area contributed by atoms with Crippen LogP contribution in [0.2, 0.25) is 5.02 Å². The maximum atomic E-state index is 12.9. The quantitative estimate of drug-likeness (QED) is 0.655. The molecule has 0 unspecified atom stereocenters. The van der Waals surface area contributed by atoms with Gasteiger partial charge in [0, 0.05) is 22.0 Å². The molecule has 3 rings (SSSR count). The predicted octanol–water partition coefficient (Wildman–Crippen LogP) is 4.53. The summed E-state index contributed by atoms with van der Waals surface area (Å²) in [6, 6.07) is 17.1. The molecule has 3 aromatic rings. The van der Waals surface area contributed by atoms with E-state index < -0.39 is 21.7 Å². The van der Waals surface area contributed by atoms with Crippen LogP contribution in [0.25, 0.3) is 0 Å². The average Bonchev–Trinajstić information content (AvgIpc) is 2.64. The molecular formula is C19H14ClFN2O3S. The number of nitrogens with one attached hydrogen (secondary N) is 2. The van der Waals surface area contributed by atoms with E-state index in [1.54, 1.807) is 0 Å². The number of amides is 1. The smallest absolute Gasteiger partial charge is 0.261 e. The minimum atomic E-state index is -3.76. The van der Waals surface area contributed by atoms with Crippen molar-refractivity contribution in [2.75, 3.05) is 10.0 Å². The van der Waals surface area contributed by atoms with Crippen molar-refractivity contribution in [3.8, 4) is 0 Å². The van der Waals surface area contributed by atoms with E-state index in [-0.39, 0.29) is 4.90 Å². The van der Waals surface area contributed by atoms with Crippen LogP contribution < -0.4 is 10.0 Å². The summed E-state index contributed by atoms with van der Waals surface area (Å²) < 4.78 is 40.0. The van der Waals surface area contributed by atoms with Gasteiger partial charge in [-0.15, -0.1) is 0 Å². The van der Waals surface area contributed by atoms with Gasteiger partial charge in [-0.2, -0.15) is 0 Å². The summed E-state index contributed by atoms with van der Waals surface area (Å²) in [6.07, 6.45) is 0. The summed E-state index contributed by atoms with van der Waals surface area (Å²) in [5.74, 6) is -0.793. The zero-order valence-corrected chi connectivity index (χ0v) is 15.4. The number of hydrogen-bond donors (Lipinski definition) is 2. The van der Waals surface area contributed by atoms with Crippen LogP contribution in [0.5, 0.6) is 0 Å². The molecule has 0 fully saturated rings. The SMILES string of the molecule is O=C(Nc1ccc(F)cc1)c1ccc(NS(=O)(=O)c2ccc(Cl)cc2)cc1. The molecule has 0 atom stereocenters. The highest BCUT2D eigenvalue weighted by Gasteiger charge is 2.14. The summed E-state index contributed by atoms with van der Waals surface area (Å²) in [4.78, 5) is 12.3. The highest BCUT2D eigenvalue weighted by Crippen LogP contribution is 2.19. The van der Waals surface area contributed by atoms with Crippen LogP contribution >= 0.6 is 11.6 Å². The van der Waals surface area contributed by atoms with Crippen molar-refractivity contribution in [1.29, 1.82) is 0 Å². The van der Waals surface area contributed by atoms with Gasteiger partial charge in [0.15, 0.2) is 0 Å². The molecular weight excluding hydrogens is 391 g/mol. The third-order valence-corrected chi connectivity index (χ3v) is 5.27. The molecule has 0 radical (unpaired) electrons. The van der Waals surface area contributed by atoms with Crippen LogP contribution in [0.15, 0.2) is 77.7 Å². The number of anilines is 2. The largest absolute Gasteiger partial charge is 0.322 e. The molecule has 0 saturated heterocycles. The first-order valence-corrected chi connectivity index (χ1v) is 9.65. The normalized spacial score (nSPS) is 11.0. The number of hydrogen-bond acceptors (Lipinski definition) is 3. The number of benzene rings is 3. The molecule has 5 nitrogen and oxygen atoms in total. The van der Waals surface area contributed by atoms with Crippen LogP contribution in [0.3, 0.4) is 0 Å². The van der Waals surface area contributed by atoms with Crippen molar-refractivity contribution in [2.24, 2.45) is 0 Å². The molecule has 3 aromatic carbocycles. The first-order valence-electron chi connectivity index (χ1n) is 7.79. The zero-order chi connectivity index (χ0) is 19.4. The molecule has 0 spiro atoms. The van der Waals surface area contributed by atoms with Gasteiger partial charge in [-0.3, -0.25) is 9.52 Å². The third kappa shape index (κ3) is 4.84. The Morgan fingerprint density at radius 2 is 1.37 bits per heavy atom. The fraction of sp³-hybridized carbons (Fsp3) is 0. The van der Waals surface area contributed by atoms with Crippen LogP contribution in [0, 0.1) is 5.82 Å². The second-order valence-electron chi connectivity index (χ2n) is 5.60. The molecule has 0 bridgehead atoms. The summed E-state index contributed by atoms with van der Waals surface area (Å²) in [5.41, 5.74) is 1.09. The molecule has 27 heavy (non-hydrogen) atoms. The molecule has 0 aliphatic heterocycles. The van der Waals surface area contributed by atoms with Crippen LogP contribution in [0.1, 0.15) is 10.4 Å². The van der Waals surface area contributed by atoms with Gasteiger partial charge >= 0.3 is 0 Å². The topological polar surface area (TPSA) is 75.3 Å². The lowest BCUT2D eigenvalue weighted by molar-refractivity contribution is 0.102. The Labute approximate surface area is 160 Å². The Bertz CT molecular complexity index is 1050. The molecule has 8 heteroatoms. The van der Waals surface area contributed by atoms with E-state index in [4.69, 9.17) is 11.6 Å². The number of carbonyl (C=O) groups is 1. The van der Waals surface area contributed by atoms with E-state index in [0.29, 0.717) is 22.0 Å². The number of halogens is 2. The highest BCUT2D eigenvalue weighted by atomic mass is 35.5. The summed E-state index contributed by atoms with van der Waals surface area (Å²) in [7, 11) is -3.76. The van der Waals surface area contributed by atoms with E-state index in [1.807, 2.05) is 0 Å². The van der Waals surface area contributed by atoms with E-state index in [2.05, 4.69) is 10.0 Å². The van der Waals surface area contributed by atoms with Crippen molar-refractivity contribution in [3.63, 3.8) is 0 Å². The maximum Gasteiger partial charge on any atom is 0.261 e. The van der Waals surface area contributed by atoms with Gasteiger partial charge in [-0.25, -0.2) is 12.8 Å². The van der Waals surface area contributed by atoms with Gasteiger partial charge in [0.1, 0.15) is 5.82 Å². The van der Waals surface area contributed by atoms with E-state index in [0.717, 1.165) is 0 Å². The Kier molecular flexibility index (Phi) is 5.43. The molecule has 0 aliphatic carbocycles. The second-order valence-corrected chi connectivity index (χ2v) is 7.72. The first-order chi connectivity index (χ1) is 12.8. The van der Waals surface area contributed by atoms with Gasteiger partial charge in [0.2, 0.25) is 0 Å². The fourth-order valence-electron chi connectivity index (χ4n) is 2.25. The van der Waals surface area contributed by atoms with Crippen LogP contribution in [-0.4, -0.2) is 14.3 Å². The summed E-state index contributed by atoms with van der Waals surface area (Å²) in [6.45, 7) is 0. The number of rotatable bonds is 5. The molecule has 0 saturated carbocycles. The monoisotopic (exact) mass is 404 g/mol. The van der Waals surface area contributed by atoms with Crippen molar-refractivity contribution < 1.29 is 17.6 Å². The Morgan fingerprint density at radius 3 is 1.96 bits per heavy atom. The lowest BCUT2D eigenvalue weighted by Gasteiger charge is -2.09. The fourth-order valence-corrected chi connectivity index (χ4v) is 3.44. The van der Waals surface area contributed by atoms with Gasteiger partial charge in [0.25, 0.3) is 15.9 Å². The lowest BCUT2D eigenvalue weighted by Crippen LogP contribution is -2.14. The molecule has 0 aliphatic rings. The van der Waals surface area contributed by atoms with E-state index in [1.165, 1.54) is 72.8 Å². The minimum absolute atomic E-state index is 0.0741. The minimum Gasteiger partial charge on any atom is -0.322 e. The van der Waals surface area contributed by atoms with Crippen LogP contribution in [0.4, 0.5) is 15.8 Å². The summed E-state index contributed by atoms with van der Waals surface area (Å²) in [5, 5.41) is 3.06. The Hall–Kier alpha value is -2.90. The lowest BCUT2D eigenvalue weighted by atomic mass is 10.2. The van der Waals surface area contributed by atoms with Crippen molar-refractivity contribution in [1.82, 2.24) is 0 Å². The molecule has 2 N–H and O–H groups in total. The zero-order valence-electron chi connectivity index (χ0n) is 13.8. The number of carbonyl (C=O) groups excluding carboxylic acids is 1. The third-order valence-electron chi connectivity index (χ3n) is 3.63. The van der Waals surface area contributed by atoms with Gasteiger partial charge < -0.3 is 5.32 Å². The van der Waals surface area contributed by atoms with E-state index in [9.17, 15) is 17.6 Å². The molecule has 1 amide bonds. The van der Waals surface area contributed by atoms with Crippen molar-refractivity contribution in [2.45, 2.75) is 4.90 Å². The highest BCUT2D eigenvalue weighted by molar-refractivity contribution is 7.92. The Morgan fingerprint density at radius 1 is 0.815 bits per heavy atom. The molecule has 138 valence electrons. The van der Waals surface area contributed by atoms with Crippen molar-refractivity contribution in [3.05, 3.63) is 89.2 Å². The standard InChI is InChI=1S/C19H14ClFN2O3S/c20-14-3-11-18(12-4-14)27(25,26)23-17-7-1-13(2-8-17)19(24)22-16-9-5-15(21)6-10-16/h1-12,23H,(H,22,24). The predicted molar refractivity (Wildman–Crippen MR) is 103 cm³/mol. The average molecular weight is 405 g/mol. The molecule has 0 heterocycles.